The van der Waals surface area contributed by atoms with Gasteiger partial charge in [0.15, 0.2) is 0 Å². The molecule has 11 heavy (non-hydrogen) atoms. The van der Waals surface area contributed by atoms with Crippen LogP contribution in [0.15, 0.2) is 11.6 Å². The zero-order chi connectivity index (χ0) is 8.10. The van der Waals surface area contributed by atoms with E-state index in [1.54, 1.807) is 0 Å². The molecule has 2 heteroatoms. The molecule has 1 aliphatic rings. The van der Waals surface area contributed by atoms with Crippen LogP contribution in [0.4, 0.5) is 0 Å². The van der Waals surface area contributed by atoms with Crippen molar-refractivity contribution in [1.29, 1.82) is 10.5 Å². The van der Waals surface area contributed by atoms with Crippen LogP contribution in [0.5, 0.6) is 0 Å². The highest BCUT2D eigenvalue weighted by molar-refractivity contribution is 5.21. The van der Waals surface area contributed by atoms with Gasteiger partial charge in [-0.15, -0.1) is 0 Å². The Morgan fingerprint density at radius 3 is 2.91 bits per heavy atom. The zero-order valence-corrected chi connectivity index (χ0v) is 6.38. The summed E-state index contributed by atoms with van der Waals surface area (Å²) in [5.74, 6) is 0.140. The summed E-state index contributed by atoms with van der Waals surface area (Å²) >= 11 is 0. The molecule has 0 aliphatic heterocycles. The van der Waals surface area contributed by atoms with Gasteiger partial charge in [0, 0.05) is 11.5 Å². The molecule has 1 rings (SSSR count). The van der Waals surface area contributed by atoms with E-state index in [1.165, 1.54) is 0 Å². The monoisotopic (exact) mass is 146 g/mol. The van der Waals surface area contributed by atoms with Crippen molar-refractivity contribution in [2.24, 2.45) is 5.92 Å². The van der Waals surface area contributed by atoms with Gasteiger partial charge in [0.05, 0.1) is 12.1 Å². The number of nitriles is 2. The molecule has 1 atom stereocenters. The first kappa shape index (κ1) is 7.82. The summed E-state index contributed by atoms with van der Waals surface area (Å²) in [6, 6.07) is 4.37. The molecule has 0 N–H and O–H groups in total. The van der Waals surface area contributed by atoms with E-state index in [0.29, 0.717) is 0 Å². The highest BCUT2D eigenvalue weighted by Gasteiger charge is 2.10. The van der Waals surface area contributed by atoms with Crippen LogP contribution in [0.3, 0.4) is 0 Å². The minimum absolute atomic E-state index is 0.140. The van der Waals surface area contributed by atoms with E-state index < -0.39 is 0 Å². The van der Waals surface area contributed by atoms with Crippen molar-refractivity contribution < 1.29 is 0 Å². The molecule has 1 unspecified atom stereocenters. The quantitative estimate of drug-likeness (QED) is 0.525. The van der Waals surface area contributed by atoms with Gasteiger partial charge >= 0.3 is 0 Å². The summed E-state index contributed by atoms with van der Waals surface area (Å²) in [5.41, 5.74) is 0.850. The Morgan fingerprint density at radius 2 is 2.27 bits per heavy atom. The van der Waals surface area contributed by atoms with Gasteiger partial charge in [-0.3, -0.25) is 0 Å². The lowest BCUT2D eigenvalue weighted by Gasteiger charge is -1.98. The molecule has 0 saturated carbocycles. The first-order valence-corrected chi connectivity index (χ1v) is 3.85. The van der Waals surface area contributed by atoms with Crippen molar-refractivity contribution in [3.05, 3.63) is 11.6 Å². The van der Waals surface area contributed by atoms with Crippen LogP contribution in [0.1, 0.15) is 25.7 Å². The third-order valence-electron chi connectivity index (χ3n) is 1.97. The lowest BCUT2D eigenvalue weighted by molar-refractivity contribution is 0.597. The molecule has 1 aliphatic carbocycles. The van der Waals surface area contributed by atoms with Crippen LogP contribution in [-0.4, -0.2) is 0 Å². The maximum Gasteiger partial charge on any atom is 0.0943 e. The molecule has 0 radical (unpaired) electrons. The van der Waals surface area contributed by atoms with Gasteiger partial charge in [-0.1, -0.05) is 6.08 Å². The predicted molar refractivity (Wildman–Crippen MR) is 41.3 cm³/mol. The summed E-state index contributed by atoms with van der Waals surface area (Å²) in [7, 11) is 0. The van der Waals surface area contributed by atoms with Crippen molar-refractivity contribution in [1.82, 2.24) is 0 Å². The molecular weight excluding hydrogens is 136 g/mol. The highest BCUT2D eigenvalue weighted by atomic mass is 14.3. The summed E-state index contributed by atoms with van der Waals surface area (Å²) in [6.07, 6.45) is 5.45. The molecule has 0 bridgehead atoms. The second-order valence-corrected chi connectivity index (χ2v) is 2.80. The van der Waals surface area contributed by atoms with Gasteiger partial charge in [0.25, 0.3) is 0 Å². The van der Waals surface area contributed by atoms with Crippen molar-refractivity contribution in [2.45, 2.75) is 25.7 Å². The fraction of sp³-hybridized carbons (Fsp3) is 0.556. The predicted octanol–water partition coefficient (Wildman–Crippen LogP) is 2.15. The summed E-state index contributed by atoms with van der Waals surface area (Å²) in [4.78, 5) is 0. The highest BCUT2D eigenvalue weighted by Crippen LogP contribution is 2.21. The number of rotatable bonds is 0. The Balaban J connectivity index is 2.59. The molecular formula is C9H10N2. The largest absolute Gasteiger partial charge is 0.198 e. The molecule has 0 amide bonds. The molecule has 0 aromatic rings. The first-order valence-electron chi connectivity index (χ1n) is 3.85. The Kier molecular flexibility index (Phi) is 2.69. The van der Waals surface area contributed by atoms with Crippen molar-refractivity contribution in [3.63, 3.8) is 0 Å². The topological polar surface area (TPSA) is 47.6 Å². The Morgan fingerprint density at radius 1 is 1.45 bits per heavy atom. The maximum absolute atomic E-state index is 8.61. The first-order chi connectivity index (χ1) is 5.36. The van der Waals surface area contributed by atoms with E-state index in [0.717, 1.165) is 31.3 Å². The normalized spacial score (nSPS) is 24.2. The van der Waals surface area contributed by atoms with Crippen LogP contribution in [0, 0.1) is 28.6 Å². The Bertz CT molecular complexity index is 239. The average Bonchev–Trinajstić information content (AvgIpc) is 2.28. The van der Waals surface area contributed by atoms with Crippen LogP contribution < -0.4 is 0 Å². The average molecular weight is 146 g/mol. The molecule has 0 spiro atoms. The Labute approximate surface area is 66.7 Å². The van der Waals surface area contributed by atoms with Crippen LogP contribution in [-0.2, 0) is 0 Å². The van der Waals surface area contributed by atoms with Gasteiger partial charge in [-0.25, -0.2) is 0 Å². The lowest BCUT2D eigenvalue weighted by Crippen LogP contribution is -1.91. The van der Waals surface area contributed by atoms with E-state index in [1.807, 2.05) is 6.08 Å². The number of allylic oxidation sites excluding steroid dienone is 2. The maximum atomic E-state index is 8.61. The van der Waals surface area contributed by atoms with E-state index >= 15 is 0 Å². The molecule has 0 aromatic heterocycles. The molecule has 56 valence electrons. The summed E-state index contributed by atoms with van der Waals surface area (Å²) in [5, 5.41) is 17.2. The third kappa shape index (κ3) is 2.09. The fourth-order valence-corrected chi connectivity index (χ4v) is 1.26. The van der Waals surface area contributed by atoms with E-state index in [2.05, 4.69) is 12.1 Å². The van der Waals surface area contributed by atoms with E-state index in [9.17, 15) is 0 Å². The molecule has 0 heterocycles. The van der Waals surface area contributed by atoms with Crippen LogP contribution in [0.25, 0.3) is 0 Å². The minimum atomic E-state index is 0.140. The molecule has 0 saturated heterocycles. The summed E-state index contributed by atoms with van der Waals surface area (Å²) in [6.45, 7) is 0. The standard InChI is InChI=1S/C9H10N2/c10-6-8-2-1-3-9(7-11)5-4-8/h4,9H,1-3,5H2. The van der Waals surface area contributed by atoms with Gasteiger partial charge in [-0.2, -0.15) is 10.5 Å². The summed E-state index contributed by atoms with van der Waals surface area (Å²) < 4.78 is 0. The Hall–Kier alpha value is -1.28. The van der Waals surface area contributed by atoms with Gasteiger partial charge in [0.1, 0.15) is 0 Å². The molecule has 0 fully saturated rings. The van der Waals surface area contributed by atoms with Gasteiger partial charge < -0.3 is 0 Å². The minimum Gasteiger partial charge on any atom is -0.198 e. The molecule has 0 aromatic carbocycles. The van der Waals surface area contributed by atoms with E-state index in [4.69, 9.17) is 10.5 Å². The van der Waals surface area contributed by atoms with Crippen LogP contribution in [0.2, 0.25) is 0 Å². The van der Waals surface area contributed by atoms with Gasteiger partial charge in [-0.05, 0) is 25.7 Å². The SMILES string of the molecule is N#CC1=CCC(C#N)CCC1. The zero-order valence-electron chi connectivity index (χ0n) is 6.38. The number of nitrogens with zero attached hydrogens (tertiary/aromatic N) is 2. The van der Waals surface area contributed by atoms with Gasteiger partial charge in [0.2, 0.25) is 0 Å². The van der Waals surface area contributed by atoms with Crippen molar-refractivity contribution in [2.75, 3.05) is 0 Å². The number of hydrogen-bond donors (Lipinski definition) is 0. The second kappa shape index (κ2) is 3.78. The van der Waals surface area contributed by atoms with Crippen molar-refractivity contribution in [3.8, 4) is 12.1 Å². The van der Waals surface area contributed by atoms with Crippen LogP contribution >= 0.6 is 0 Å². The molecule has 2 nitrogen and oxygen atoms in total. The van der Waals surface area contributed by atoms with E-state index in [-0.39, 0.29) is 5.92 Å². The second-order valence-electron chi connectivity index (χ2n) is 2.80. The fourth-order valence-electron chi connectivity index (χ4n) is 1.26. The lowest BCUT2D eigenvalue weighted by atomic mass is 10.0. The third-order valence-corrected chi connectivity index (χ3v) is 1.97. The number of hydrogen-bond acceptors (Lipinski definition) is 2. The smallest absolute Gasteiger partial charge is 0.0943 e. The van der Waals surface area contributed by atoms with Crippen molar-refractivity contribution >= 4 is 0 Å².